The van der Waals surface area contributed by atoms with Gasteiger partial charge in [-0.2, -0.15) is 5.26 Å². The number of amides is 1. The normalized spacial score (nSPS) is 26.0. The van der Waals surface area contributed by atoms with Crippen LogP contribution in [0.25, 0.3) is 0 Å². The molecule has 0 radical (unpaired) electrons. The van der Waals surface area contributed by atoms with E-state index in [9.17, 15) is 20.3 Å². The fraction of sp³-hybridized carbons (Fsp3) is 0.517. The van der Waals surface area contributed by atoms with Crippen LogP contribution < -0.4 is 5.32 Å². The molecule has 3 N–H and O–H groups in total. The molecule has 2 aliphatic rings. The van der Waals surface area contributed by atoms with Crippen LogP contribution in [0.3, 0.4) is 0 Å². The van der Waals surface area contributed by atoms with E-state index in [0.717, 1.165) is 24.2 Å². The Morgan fingerprint density at radius 1 is 1.11 bits per heavy atom. The van der Waals surface area contributed by atoms with Crippen LogP contribution in [-0.2, 0) is 32.2 Å². The lowest BCUT2D eigenvalue weighted by atomic mass is 9.78. The molecule has 4 atom stereocenters. The summed E-state index contributed by atoms with van der Waals surface area (Å²) in [5.41, 5.74) is 1.72. The highest BCUT2D eigenvalue weighted by molar-refractivity contribution is 5.85. The SMILES string of the molecule is Cc1ccccc1CO[C@]1(C(=O)NCCN2CCOCC2)CC(OCc2ccccc2C#N)[C@H](O)[C@H](O)C1. The smallest absolute Gasteiger partial charge is 0.252 e. The molecule has 1 unspecified atom stereocenters. The lowest BCUT2D eigenvalue weighted by Crippen LogP contribution is -2.61. The third-order valence-electron chi connectivity index (χ3n) is 7.43. The molecule has 0 bridgehead atoms. The number of ether oxygens (including phenoxy) is 3. The molecule has 9 heteroatoms. The molecule has 0 aromatic heterocycles. The van der Waals surface area contributed by atoms with Crippen LogP contribution in [-0.4, -0.2) is 84.3 Å². The minimum atomic E-state index is -1.40. The van der Waals surface area contributed by atoms with Gasteiger partial charge in [0.1, 0.15) is 6.10 Å². The molecule has 1 amide bonds. The molecule has 1 saturated carbocycles. The number of aliphatic hydroxyl groups is 2. The molecule has 1 aliphatic heterocycles. The van der Waals surface area contributed by atoms with Gasteiger partial charge in [0.25, 0.3) is 5.91 Å². The van der Waals surface area contributed by atoms with Gasteiger partial charge in [-0.25, -0.2) is 0 Å². The van der Waals surface area contributed by atoms with Crippen LogP contribution in [0.1, 0.15) is 35.1 Å². The number of rotatable bonds is 10. The van der Waals surface area contributed by atoms with Gasteiger partial charge in [0, 0.05) is 39.0 Å². The van der Waals surface area contributed by atoms with Crippen LogP contribution in [0.4, 0.5) is 0 Å². The first-order chi connectivity index (χ1) is 18.4. The third-order valence-corrected chi connectivity index (χ3v) is 7.43. The summed E-state index contributed by atoms with van der Waals surface area (Å²) >= 11 is 0. The van der Waals surface area contributed by atoms with Crippen molar-refractivity contribution in [2.24, 2.45) is 0 Å². The summed E-state index contributed by atoms with van der Waals surface area (Å²) in [6.07, 6.45) is -3.28. The average Bonchev–Trinajstić information content (AvgIpc) is 2.94. The Morgan fingerprint density at radius 3 is 2.55 bits per heavy atom. The highest BCUT2D eigenvalue weighted by atomic mass is 16.5. The maximum Gasteiger partial charge on any atom is 0.252 e. The minimum absolute atomic E-state index is 0.0575. The monoisotopic (exact) mass is 523 g/mol. The van der Waals surface area contributed by atoms with Gasteiger partial charge >= 0.3 is 0 Å². The molecule has 1 saturated heterocycles. The zero-order valence-corrected chi connectivity index (χ0v) is 21.8. The Kier molecular flexibility index (Phi) is 9.86. The van der Waals surface area contributed by atoms with Gasteiger partial charge in [-0.05, 0) is 29.7 Å². The number of benzene rings is 2. The summed E-state index contributed by atoms with van der Waals surface area (Å²) in [6, 6.07) is 17.0. The van der Waals surface area contributed by atoms with Crippen molar-refractivity contribution in [2.45, 2.75) is 56.9 Å². The first-order valence-electron chi connectivity index (χ1n) is 13.1. The maximum atomic E-state index is 13.7. The van der Waals surface area contributed by atoms with Gasteiger partial charge in [0.15, 0.2) is 5.60 Å². The highest BCUT2D eigenvalue weighted by Crippen LogP contribution is 2.36. The number of carbonyl (C=O) groups is 1. The topological polar surface area (TPSA) is 124 Å². The molecule has 0 spiro atoms. The Balaban J connectivity index is 1.50. The fourth-order valence-electron chi connectivity index (χ4n) is 5.02. The second kappa shape index (κ2) is 13.3. The van der Waals surface area contributed by atoms with Crippen LogP contribution in [0.15, 0.2) is 48.5 Å². The standard InChI is InChI=1S/C29H37N3O6/c1-21-6-2-3-8-23(21)20-38-29(28(35)31-10-11-32-12-14-36-15-13-32)16-25(33)27(34)26(17-29)37-19-24-9-5-4-7-22(24)18-30/h2-9,25-27,33-34H,10-17,19-20H2,1H3,(H,31,35)/t25-,26?,27-,29+/m1/s1. The average molecular weight is 524 g/mol. The molecule has 38 heavy (non-hydrogen) atoms. The number of carbonyl (C=O) groups excluding carboxylic acids is 1. The van der Waals surface area contributed by atoms with Crippen molar-refractivity contribution < 1.29 is 29.2 Å². The van der Waals surface area contributed by atoms with E-state index in [1.807, 2.05) is 37.3 Å². The summed E-state index contributed by atoms with van der Waals surface area (Å²) in [5.74, 6) is -0.337. The summed E-state index contributed by atoms with van der Waals surface area (Å²) < 4.78 is 17.8. The van der Waals surface area contributed by atoms with Gasteiger partial charge in [0.2, 0.25) is 0 Å². The molecular formula is C29H37N3O6. The molecule has 204 valence electrons. The lowest BCUT2D eigenvalue weighted by Gasteiger charge is -2.44. The van der Waals surface area contributed by atoms with Crippen molar-refractivity contribution in [3.8, 4) is 6.07 Å². The van der Waals surface area contributed by atoms with Crippen LogP contribution in [0.5, 0.6) is 0 Å². The second-order valence-electron chi connectivity index (χ2n) is 10.0. The van der Waals surface area contributed by atoms with Crippen LogP contribution in [0, 0.1) is 18.3 Å². The van der Waals surface area contributed by atoms with E-state index in [-0.39, 0.29) is 32.0 Å². The van der Waals surface area contributed by atoms with Gasteiger partial charge < -0.3 is 29.7 Å². The molecule has 1 aliphatic carbocycles. The summed E-state index contributed by atoms with van der Waals surface area (Å²) in [4.78, 5) is 15.9. The Morgan fingerprint density at radius 2 is 1.82 bits per heavy atom. The van der Waals surface area contributed by atoms with Crippen molar-refractivity contribution in [3.63, 3.8) is 0 Å². The number of hydrogen-bond acceptors (Lipinski definition) is 8. The van der Waals surface area contributed by atoms with Gasteiger partial charge in [0.05, 0.1) is 50.3 Å². The zero-order chi connectivity index (χ0) is 27.0. The first-order valence-corrected chi connectivity index (χ1v) is 13.1. The van der Waals surface area contributed by atoms with E-state index in [1.54, 1.807) is 18.2 Å². The largest absolute Gasteiger partial charge is 0.390 e. The predicted molar refractivity (Wildman–Crippen MR) is 140 cm³/mol. The van der Waals surface area contributed by atoms with E-state index in [4.69, 9.17) is 14.2 Å². The van der Waals surface area contributed by atoms with Crippen molar-refractivity contribution in [3.05, 3.63) is 70.8 Å². The van der Waals surface area contributed by atoms with Gasteiger partial charge in [-0.1, -0.05) is 42.5 Å². The number of nitriles is 1. The summed E-state index contributed by atoms with van der Waals surface area (Å²) in [5, 5.41) is 34.0. The maximum absolute atomic E-state index is 13.7. The summed E-state index contributed by atoms with van der Waals surface area (Å²) in [7, 11) is 0. The van der Waals surface area contributed by atoms with Crippen LogP contribution in [0.2, 0.25) is 0 Å². The number of nitrogens with zero attached hydrogens (tertiary/aromatic N) is 2. The minimum Gasteiger partial charge on any atom is -0.390 e. The molecule has 9 nitrogen and oxygen atoms in total. The molecular weight excluding hydrogens is 486 g/mol. The van der Waals surface area contributed by atoms with E-state index in [1.165, 1.54) is 0 Å². The van der Waals surface area contributed by atoms with E-state index >= 15 is 0 Å². The number of morpholine rings is 1. The fourth-order valence-corrected chi connectivity index (χ4v) is 5.02. The number of aryl methyl sites for hydroxylation is 1. The second-order valence-corrected chi connectivity index (χ2v) is 10.0. The van der Waals surface area contributed by atoms with Gasteiger partial charge in [-0.3, -0.25) is 9.69 Å². The molecule has 2 aromatic rings. The van der Waals surface area contributed by atoms with Crippen LogP contribution >= 0.6 is 0 Å². The lowest BCUT2D eigenvalue weighted by molar-refractivity contribution is -0.200. The quantitative estimate of drug-likeness (QED) is 0.430. The number of aliphatic hydroxyl groups excluding tert-OH is 2. The number of hydrogen-bond donors (Lipinski definition) is 3. The molecule has 1 heterocycles. The predicted octanol–water partition coefficient (Wildman–Crippen LogP) is 1.67. The Labute approximate surface area is 223 Å². The highest BCUT2D eigenvalue weighted by Gasteiger charge is 2.51. The van der Waals surface area contributed by atoms with E-state index in [0.29, 0.717) is 37.4 Å². The first kappa shape index (κ1) is 28.2. The zero-order valence-electron chi connectivity index (χ0n) is 21.8. The molecule has 2 fully saturated rings. The van der Waals surface area contributed by atoms with E-state index < -0.39 is 23.9 Å². The Hall–Kier alpha value is -2.84. The Bertz CT molecular complexity index is 1120. The number of nitrogens with one attached hydrogen (secondary N) is 1. The van der Waals surface area contributed by atoms with Gasteiger partial charge in [-0.15, -0.1) is 0 Å². The third kappa shape index (κ3) is 6.97. The molecule has 4 rings (SSSR count). The van der Waals surface area contributed by atoms with E-state index in [2.05, 4.69) is 16.3 Å². The summed E-state index contributed by atoms with van der Waals surface area (Å²) in [6.45, 7) is 6.30. The van der Waals surface area contributed by atoms with Crippen molar-refractivity contribution in [1.29, 1.82) is 5.26 Å². The van der Waals surface area contributed by atoms with Crippen molar-refractivity contribution in [1.82, 2.24) is 10.2 Å². The van der Waals surface area contributed by atoms with Crippen molar-refractivity contribution in [2.75, 3.05) is 39.4 Å². The molecule has 2 aromatic carbocycles. The van der Waals surface area contributed by atoms with Crippen molar-refractivity contribution >= 4 is 5.91 Å².